The van der Waals surface area contributed by atoms with Gasteiger partial charge in [-0.05, 0) is 38.3 Å². The zero-order chi connectivity index (χ0) is 22.0. The molecule has 0 unspecified atom stereocenters. The molecule has 0 spiro atoms. The van der Waals surface area contributed by atoms with Gasteiger partial charge in [0.05, 0.1) is 6.61 Å². The lowest BCUT2D eigenvalue weighted by Gasteiger charge is -2.10. The summed E-state index contributed by atoms with van der Waals surface area (Å²) in [5, 5.41) is 3.58. The number of benzene rings is 2. The van der Waals surface area contributed by atoms with Gasteiger partial charge in [-0.1, -0.05) is 72.4 Å². The van der Waals surface area contributed by atoms with Crippen molar-refractivity contribution in [3.63, 3.8) is 0 Å². The number of nitrogens with one attached hydrogen (secondary N) is 1. The Labute approximate surface area is 186 Å². The molecule has 1 N–H and O–H groups in total. The number of anilines is 1. The van der Waals surface area contributed by atoms with Crippen molar-refractivity contribution < 1.29 is 9.53 Å². The number of hydrogen-bond donors (Lipinski definition) is 1. The van der Waals surface area contributed by atoms with E-state index in [1.54, 1.807) is 0 Å². The molecule has 0 bridgehead atoms. The molecule has 2 aromatic carbocycles. The largest absolute Gasteiger partial charge is 0.462 e. The molecule has 0 fully saturated rings. The van der Waals surface area contributed by atoms with E-state index in [9.17, 15) is 4.79 Å². The van der Waals surface area contributed by atoms with Gasteiger partial charge >= 0.3 is 5.97 Å². The number of esters is 1. The molecular weight excluding hydrogens is 406 g/mol. The Hall–Kier alpha value is -3.12. The third-order valence-corrected chi connectivity index (χ3v) is 6.50. The number of carbonyl (C=O) groups excluding carboxylic acids is 1. The zero-order valence-electron chi connectivity index (χ0n) is 18.4. The number of hydrogen-bond acceptors (Lipinski definition) is 5. The van der Waals surface area contributed by atoms with Gasteiger partial charge in [0.25, 0.3) is 0 Å². The lowest BCUT2D eigenvalue weighted by atomic mass is 10.1. The first-order valence-electron chi connectivity index (χ1n) is 10.6. The summed E-state index contributed by atoms with van der Waals surface area (Å²) >= 11 is 1.37. The monoisotopic (exact) mass is 433 g/mol. The van der Waals surface area contributed by atoms with Gasteiger partial charge in [0, 0.05) is 17.8 Å². The van der Waals surface area contributed by atoms with Crippen LogP contribution in [0.3, 0.4) is 0 Å². The molecule has 4 aromatic rings. The van der Waals surface area contributed by atoms with Crippen molar-refractivity contribution in [2.45, 2.75) is 40.7 Å². The summed E-state index contributed by atoms with van der Waals surface area (Å²) in [5.41, 5.74) is 6.50. The Kier molecular flexibility index (Phi) is 6.09. The molecule has 4 rings (SSSR count). The molecule has 5 nitrogen and oxygen atoms in total. The number of fused-ring (bicyclic) bond motifs is 1. The smallest absolute Gasteiger partial charge is 0.350 e. The van der Waals surface area contributed by atoms with Crippen molar-refractivity contribution in [2.75, 3.05) is 11.9 Å². The number of aryl methyl sites for hydroxylation is 3. The number of aromatic nitrogens is 2. The summed E-state index contributed by atoms with van der Waals surface area (Å²) < 4.78 is 7.27. The van der Waals surface area contributed by atoms with E-state index in [-0.39, 0.29) is 5.97 Å². The highest BCUT2D eigenvalue weighted by molar-refractivity contribution is 7.19. The second-order valence-electron chi connectivity index (χ2n) is 7.55. The number of nitrogens with zero attached hydrogens (tertiary/aromatic N) is 2. The van der Waals surface area contributed by atoms with Crippen LogP contribution < -0.4 is 5.32 Å². The molecule has 160 valence electrons. The number of carbonyl (C=O) groups is 1. The first-order valence-corrected chi connectivity index (χ1v) is 11.4. The van der Waals surface area contributed by atoms with Gasteiger partial charge in [0.15, 0.2) is 4.96 Å². The third kappa shape index (κ3) is 4.21. The van der Waals surface area contributed by atoms with Gasteiger partial charge in [-0.15, -0.1) is 0 Å². The molecule has 31 heavy (non-hydrogen) atoms. The van der Waals surface area contributed by atoms with Crippen LogP contribution in [0.2, 0.25) is 0 Å². The van der Waals surface area contributed by atoms with Crippen LogP contribution in [-0.4, -0.2) is 22.0 Å². The molecule has 6 heteroatoms. The lowest BCUT2D eigenvalue weighted by Crippen LogP contribution is -2.07. The quantitative estimate of drug-likeness (QED) is 0.362. The number of imidazole rings is 1. The fourth-order valence-corrected chi connectivity index (χ4v) is 4.61. The maximum absolute atomic E-state index is 12.4. The Morgan fingerprint density at radius 2 is 1.71 bits per heavy atom. The van der Waals surface area contributed by atoms with Crippen molar-refractivity contribution in [2.24, 2.45) is 0 Å². The molecule has 0 amide bonds. The van der Waals surface area contributed by atoms with E-state index in [1.807, 2.05) is 18.2 Å². The molecule has 0 aliphatic rings. The van der Waals surface area contributed by atoms with E-state index in [2.05, 4.69) is 67.7 Å². The first kappa shape index (κ1) is 21.1. The van der Waals surface area contributed by atoms with Crippen molar-refractivity contribution >= 4 is 28.1 Å². The molecule has 0 atom stereocenters. The van der Waals surface area contributed by atoms with Crippen LogP contribution in [0, 0.1) is 13.8 Å². The van der Waals surface area contributed by atoms with Crippen LogP contribution in [0.25, 0.3) is 16.2 Å². The van der Waals surface area contributed by atoms with E-state index in [4.69, 9.17) is 9.72 Å². The van der Waals surface area contributed by atoms with Gasteiger partial charge in [-0.25, -0.2) is 9.78 Å². The molecule has 0 aliphatic heterocycles. The topological polar surface area (TPSA) is 55.6 Å². The third-order valence-electron chi connectivity index (χ3n) is 5.38. The van der Waals surface area contributed by atoms with Gasteiger partial charge in [-0.2, -0.15) is 0 Å². The Bertz CT molecular complexity index is 1200. The lowest BCUT2D eigenvalue weighted by molar-refractivity contribution is 0.0531. The van der Waals surface area contributed by atoms with Gasteiger partial charge in [0.1, 0.15) is 16.4 Å². The molecular formula is C25H27N3O2S. The SMILES string of the molecule is CCOC(=O)c1sc2nc(-c3ccc(CC)cc3)c(NCc3ccc(C)cc3)n2c1C. The van der Waals surface area contributed by atoms with E-state index >= 15 is 0 Å². The summed E-state index contributed by atoms with van der Waals surface area (Å²) in [6, 6.07) is 17.0. The second kappa shape index (κ2) is 8.94. The molecule has 0 aliphatic carbocycles. The summed E-state index contributed by atoms with van der Waals surface area (Å²) in [6.07, 6.45) is 0.999. The van der Waals surface area contributed by atoms with Crippen LogP contribution in [-0.2, 0) is 17.7 Å². The fourth-order valence-electron chi connectivity index (χ4n) is 3.59. The Balaban J connectivity index is 1.78. The normalized spacial score (nSPS) is 11.1. The number of rotatable bonds is 7. The van der Waals surface area contributed by atoms with E-state index in [1.165, 1.54) is 28.0 Å². The van der Waals surface area contributed by atoms with Crippen LogP contribution in [0.4, 0.5) is 5.82 Å². The van der Waals surface area contributed by atoms with Gasteiger partial charge in [-0.3, -0.25) is 4.40 Å². The zero-order valence-corrected chi connectivity index (χ0v) is 19.2. The first-order chi connectivity index (χ1) is 15.0. The predicted octanol–water partition coefficient (Wildman–Crippen LogP) is 6.03. The van der Waals surface area contributed by atoms with Crippen LogP contribution in [0.5, 0.6) is 0 Å². The highest BCUT2D eigenvalue weighted by atomic mass is 32.1. The van der Waals surface area contributed by atoms with Crippen molar-refractivity contribution in [1.29, 1.82) is 0 Å². The van der Waals surface area contributed by atoms with Gasteiger partial charge in [0.2, 0.25) is 0 Å². The predicted molar refractivity (Wildman–Crippen MR) is 127 cm³/mol. The molecule has 2 heterocycles. The van der Waals surface area contributed by atoms with Gasteiger partial charge < -0.3 is 10.1 Å². The summed E-state index contributed by atoms with van der Waals surface area (Å²) in [4.78, 5) is 18.7. The van der Waals surface area contributed by atoms with E-state index in [0.717, 1.165) is 34.2 Å². The fraction of sp³-hybridized carbons (Fsp3) is 0.280. The minimum Gasteiger partial charge on any atom is -0.462 e. The summed E-state index contributed by atoms with van der Waals surface area (Å²) in [5.74, 6) is 0.595. The molecule has 0 saturated carbocycles. The van der Waals surface area contributed by atoms with Crippen molar-refractivity contribution in [3.8, 4) is 11.3 Å². The Morgan fingerprint density at radius 3 is 2.35 bits per heavy atom. The highest BCUT2D eigenvalue weighted by Gasteiger charge is 2.23. The molecule has 0 saturated heterocycles. The minimum atomic E-state index is -0.297. The summed E-state index contributed by atoms with van der Waals surface area (Å²) in [6.45, 7) is 9.01. The van der Waals surface area contributed by atoms with Crippen LogP contribution in [0.1, 0.15) is 45.9 Å². The van der Waals surface area contributed by atoms with Crippen LogP contribution >= 0.6 is 11.3 Å². The Morgan fingerprint density at radius 1 is 1.03 bits per heavy atom. The van der Waals surface area contributed by atoms with E-state index < -0.39 is 0 Å². The molecule has 2 aromatic heterocycles. The molecule has 0 radical (unpaired) electrons. The summed E-state index contributed by atoms with van der Waals surface area (Å²) in [7, 11) is 0. The maximum Gasteiger partial charge on any atom is 0.350 e. The second-order valence-corrected chi connectivity index (χ2v) is 8.53. The average molecular weight is 434 g/mol. The van der Waals surface area contributed by atoms with Crippen LogP contribution in [0.15, 0.2) is 48.5 Å². The number of thiazole rings is 1. The standard InChI is InChI=1S/C25H27N3O2S/c1-5-18-11-13-20(14-12-18)21-23(26-15-19-9-7-16(3)8-10-19)28-17(4)22(24(29)30-6-2)31-25(28)27-21/h7-14,26H,5-6,15H2,1-4H3. The van der Waals surface area contributed by atoms with E-state index in [0.29, 0.717) is 18.0 Å². The van der Waals surface area contributed by atoms with Crippen molar-refractivity contribution in [1.82, 2.24) is 9.38 Å². The highest BCUT2D eigenvalue weighted by Crippen LogP contribution is 2.35. The van der Waals surface area contributed by atoms with Crippen molar-refractivity contribution in [3.05, 3.63) is 75.8 Å². The average Bonchev–Trinajstić information content (AvgIpc) is 3.30. The number of ether oxygens (including phenoxy) is 1. The minimum absolute atomic E-state index is 0.297. The maximum atomic E-state index is 12.4.